The molecule has 0 aliphatic rings. The molecule has 0 aromatic carbocycles. The van der Waals surface area contributed by atoms with E-state index in [9.17, 15) is 0 Å². The summed E-state index contributed by atoms with van der Waals surface area (Å²) in [6.07, 6.45) is 3.79. The Kier molecular flexibility index (Phi) is 3.37. The standard InChI is InChI=1S/C9H12ClN/c1-2-9-7-8(3-5-10)4-6-11-9/h4,6-7H,2-3,5H2,1H3. The van der Waals surface area contributed by atoms with Gasteiger partial charge >= 0.3 is 0 Å². The van der Waals surface area contributed by atoms with E-state index in [1.165, 1.54) is 5.56 Å². The van der Waals surface area contributed by atoms with Gasteiger partial charge in [0.15, 0.2) is 0 Å². The predicted octanol–water partition coefficient (Wildman–Crippen LogP) is 2.43. The third-order valence-electron chi connectivity index (χ3n) is 1.63. The molecule has 0 saturated heterocycles. The van der Waals surface area contributed by atoms with Crippen LogP contribution in [0.5, 0.6) is 0 Å². The third-order valence-corrected chi connectivity index (χ3v) is 1.82. The van der Waals surface area contributed by atoms with Gasteiger partial charge in [-0.25, -0.2) is 0 Å². The predicted molar refractivity (Wildman–Crippen MR) is 48.0 cm³/mol. The van der Waals surface area contributed by atoms with Crippen LogP contribution in [0.15, 0.2) is 18.3 Å². The second-order valence-electron chi connectivity index (χ2n) is 2.45. The maximum absolute atomic E-state index is 5.61. The summed E-state index contributed by atoms with van der Waals surface area (Å²) in [5.74, 6) is 0.688. The molecule has 0 bridgehead atoms. The number of hydrogen-bond donors (Lipinski definition) is 0. The molecule has 2 heteroatoms. The SMILES string of the molecule is CCc1cc(CCCl)ccn1. The fourth-order valence-electron chi connectivity index (χ4n) is 0.986. The lowest BCUT2D eigenvalue weighted by Crippen LogP contribution is -1.91. The number of pyridine rings is 1. The van der Waals surface area contributed by atoms with E-state index in [1.54, 1.807) is 0 Å². The van der Waals surface area contributed by atoms with Crippen LogP contribution < -0.4 is 0 Å². The molecule has 0 aliphatic carbocycles. The van der Waals surface area contributed by atoms with Gasteiger partial charge in [0, 0.05) is 17.8 Å². The molecule has 0 radical (unpaired) electrons. The molecular weight excluding hydrogens is 158 g/mol. The van der Waals surface area contributed by atoms with Crippen molar-refractivity contribution in [1.29, 1.82) is 0 Å². The van der Waals surface area contributed by atoms with Crippen LogP contribution in [0, 0.1) is 0 Å². The summed E-state index contributed by atoms with van der Waals surface area (Å²) < 4.78 is 0. The minimum Gasteiger partial charge on any atom is -0.261 e. The molecule has 11 heavy (non-hydrogen) atoms. The van der Waals surface area contributed by atoms with E-state index in [-0.39, 0.29) is 0 Å². The molecule has 0 aliphatic heterocycles. The van der Waals surface area contributed by atoms with E-state index in [1.807, 2.05) is 12.3 Å². The summed E-state index contributed by atoms with van der Waals surface area (Å²) in [6, 6.07) is 4.13. The van der Waals surface area contributed by atoms with E-state index in [4.69, 9.17) is 11.6 Å². The van der Waals surface area contributed by atoms with Crippen molar-refractivity contribution in [3.8, 4) is 0 Å². The molecule has 0 fully saturated rings. The summed E-state index contributed by atoms with van der Waals surface area (Å²) in [5, 5.41) is 0. The highest BCUT2D eigenvalue weighted by Crippen LogP contribution is 2.03. The average Bonchev–Trinajstić information content (AvgIpc) is 2.06. The van der Waals surface area contributed by atoms with Gasteiger partial charge < -0.3 is 0 Å². The van der Waals surface area contributed by atoms with Gasteiger partial charge in [-0.2, -0.15) is 0 Å². The molecular formula is C9H12ClN. The Labute approximate surface area is 72.4 Å². The van der Waals surface area contributed by atoms with Crippen molar-refractivity contribution in [3.05, 3.63) is 29.6 Å². The Morgan fingerprint density at radius 3 is 3.00 bits per heavy atom. The van der Waals surface area contributed by atoms with Crippen molar-refractivity contribution >= 4 is 11.6 Å². The Balaban J connectivity index is 2.74. The third kappa shape index (κ3) is 2.51. The maximum Gasteiger partial charge on any atom is 0.0403 e. The summed E-state index contributed by atoms with van der Waals surface area (Å²) in [5.41, 5.74) is 2.43. The maximum atomic E-state index is 5.61. The summed E-state index contributed by atoms with van der Waals surface area (Å²) in [7, 11) is 0. The van der Waals surface area contributed by atoms with E-state index in [0.717, 1.165) is 18.5 Å². The van der Waals surface area contributed by atoms with E-state index >= 15 is 0 Å². The highest BCUT2D eigenvalue weighted by atomic mass is 35.5. The first kappa shape index (κ1) is 8.54. The van der Waals surface area contributed by atoms with Crippen LogP contribution in [0.4, 0.5) is 0 Å². The van der Waals surface area contributed by atoms with Gasteiger partial charge in [0.2, 0.25) is 0 Å². The van der Waals surface area contributed by atoms with E-state index < -0.39 is 0 Å². The van der Waals surface area contributed by atoms with Gasteiger partial charge in [-0.1, -0.05) is 6.92 Å². The van der Waals surface area contributed by atoms with Crippen molar-refractivity contribution in [2.75, 3.05) is 5.88 Å². The number of halogens is 1. The Morgan fingerprint density at radius 2 is 2.36 bits per heavy atom. The van der Waals surface area contributed by atoms with Crippen LogP contribution >= 0.6 is 11.6 Å². The van der Waals surface area contributed by atoms with Gasteiger partial charge in [-0.3, -0.25) is 4.98 Å². The molecule has 0 unspecified atom stereocenters. The van der Waals surface area contributed by atoms with Crippen LogP contribution in [-0.4, -0.2) is 10.9 Å². The molecule has 1 aromatic heterocycles. The molecule has 60 valence electrons. The average molecular weight is 170 g/mol. The van der Waals surface area contributed by atoms with Crippen LogP contribution in [0.1, 0.15) is 18.2 Å². The molecule has 0 saturated carbocycles. The number of nitrogens with zero attached hydrogens (tertiary/aromatic N) is 1. The fraction of sp³-hybridized carbons (Fsp3) is 0.444. The van der Waals surface area contributed by atoms with Crippen LogP contribution in [0.2, 0.25) is 0 Å². The van der Waals surface area contributed by atoms with E-state index in [0.29, 0.717) is 5.88 Å². The van der Waals surface area contributed by atoms with Crippen molar-refractivity contribution in [3.63, 3.8) is 0 Å². The minimum absolute atomic E-state index is 0.688. The Bertz CT molecular complexity index is 223. The van der Waals surface area contributed by atoms with Gasteiger partial charge in [0.1, 0.15) is 0 Å². The number of rotatable bonds is 3. The monoisotopic (exact) mass is 169 g/mol. The smallest absolute Gasteiger partial charge is 0.0403 e. The highest BCUT2D eigenvalue weighted by molar-refractivity contribution is 6.17. The largest absolute Gasteiger partial charge is 0.261 e. The molecule has 1 rings (SSSR count). The lowest BCUT2D eigenvalue weighted by atomic mass is 10.1. The summed E-state index contributed by atoms with van der Waals surface area (Å²) in [4.78, 5) is 4.20. The van der Waals surface area contributed by atoms with E-state index in [2.05, 4.69) is 18.0 Å². The first-order valence-electron chi connectivity index (χ1n) is 3.86. The molecule has 1 heterocycles. The van der Waals surface area contributed by atoms with Crippen molar-refractivity contribution < 1.29 is 0 Å². The first-order valence-corrected chi connectivity index (χ1v) is 4.40. The van der Waals surface area contributed by atoms with Crippen molar-refractivity contribution in [1.82, 2.24) is 4.98 Å². The fourth-order valence-corrected chi connectivity index (χ4v) is 1.20. The van der Waals surface area contributed by atoms with Crippen molar-refractivity contribution in [2.45, 2.75) is 19.8 Å². The van der Waals surface area contributed by atoms with Crippen LogP contribution in [0.25, 0.3) is 0 Å². The Morgan fingerprint density at radius 1 is 1.55 bits per heavy atom. The quantitative estimate of drug-likeness (QED) is 0.634. The summed E-state index contributed by atoms with van der Waals surface area (Å²) >= 11 is 5.61. The number of aryl methyl sites for hydroxylation is 2. The number of aromatic nitrogens is 1. The zero-order valence-electron chi connectivity index (χ0n) is 6.68. The van der Waals surface area contributed by atoms with Gasteiger partial charge in [-0.15, -0.1) is 11.6 Å². The second kappa shape index (κ2) is 4.35. The molecule has 0 N–H and O–H groups in total. The van der Waals surface area contributed by atoms with Gasteiger partial charge in [0.05, 0.1) is 0 Å². The lowest BCUT2D eigenvalue weighted by Gasteiger charge is -1.99. The van der Waals surface area contributed by atoms with Gasteiger partial charge in [-0.05, 0) is 30.5 Å². The van der Waals surface area contributed by atoms with Crippen molar-refractivity contribution in [2.24, 2.45) is 0 Å². The molecule has 1 aromatic rings. The van der Waals surface area contributed by atoms with Crippen LogP contribution in [0.3, 0.4) is 0 Å². The molecule has 0 atom stereocenters. The Hall–Kier alpha value is -0.560. The molecule has 0 amide bonds. The second-order valence-corrected chi connectivity index (χ2v) is 2.83. The summed E-state index contributed by atoms with van der Waals surface area (Å²) in [6.45, 7) is 2.10. The minimum atomic E-state index is 0.688. The normalized spacial score (nSPS) is 10.0. The highest BCUT2D eigenvalue weighted by Gasteiger charge is 1.93. The zero-order chi connectivity index (χ0) is 8.10. The molecule has 0 spiro atoms. The lowest BCUT2D eigenvalue weighted by molar-refractivity contribution is 1.01. The first-order chi connectivity index (χ1) is 5.36. The number of alkyl halides is 1. The van der Waals surface area contributed by atoms with Crippen LogP contribution in [-0.2, 0) is 12.8 Å². The zero-order valence-corrected chi connectivity index (χ0v) is 7.43. The topological polar surface area (TPSA) is 12.9 Å². The number of hydrogen-bond acceptors (Lipinski definition) is 1. The van der Waals surface area contributed by atoms with Gasteiger partial charge in [0.25, 0.3) is 0 Å². The molecule has 1 nitrogen and oxygen atoms in total.